The Labute approximate surface area is 151 Å². The van der Waals surface area contributed by atoms with Crippen molar-refractivity contribution in [2.75, 3.05) is 19.7 Å². The number of hydrogen-bond acceptors (Lipinski definition) is 5. The van der Waals surface area contributed by atoms with Crippen molar-refractivity contribution >= 4 is 17.0 Å². The highest BCUT2D eigenvalue weighted by Crippen LogP contribution is 2.21. The molecule has 1 aliphatic rings. The molecule has 3 heterocycles. The van der Waals surface area contributed by atoms with Gasteiger partial charge in [0.25, 0.3) is 0 Å². The molecule has 26 heavy (non-hydrogen) atoms. The Kier molecular flexibility index (Phi) is 4.68. The van der Waals surface area contributed by atoms with Gasteiger partial charge < -0.3 is 14.5 Å². The summed E-state index contributed by atoms with van der Waals surface area (Å²) in [6.45, 7) is 1.96. The Bertz CT molecular complexity index is 873. The van der Waals surface area contributed by atoms with Gasteiger partial charge in [0.1, 0.15) is 18.7 Å². The number of pyridine rings is 1. The number of likely N-dealkylation sites (tertiary alicyclic amines) is 1. The van der Waals surface area contributed by atoms with Gasteiger partial charge in [0, 0.05) is 36.9 Å². The molecule has 134 valence electrons. The largest absolute Gasteiger partial charge is 0.415 e. The van der Waals surface area contributed by atoms with Gasteiger partial charge >= 0.3 is 6.09 Å². The third-order valence-electron chi connectivity index (χ3n) is 4.59. The number of carbonyl (C=O) groups excluding carboxylic acids is 1. The molecular formula is C19H20N4O3. The molecule has 0 unspecified atom stereocenters. The number of fused-ring (bicyclic) bond motifs is 1. The molecule has 0 atom stereocenters. The monoisotopic (exact) mass is 352 g/mol. The number of nitrogens with zero attached hydrogens (tertiary/aromatic N) is 4. The SMILES string of the molecule is O=C(Oc1ccc2cccnc2c1)N1CCC(COn2ccnc2)CC1. The minimum Gasteiger partial charge on any atom is -0.413 e. The van der Waals surface area contributed by atoms with Gasteiger partial charge in [0.05, 0.1) is 11.7 Å². The Morgan fingerprint density at radius 1 is 1.19 bits per heavy atom. The molecule has 1 aliphatic heterocycles. The number of imidazole rings is 1. The quantitative estimate of drug-likeness (QED) is 0.722. The highest BCUT2D eigenvalue weighted by molar-refractivity contribution is 5.81. The van der Waals surface area contributed by atoms with E-state index in [4.69, 9.17) is 9.57 Å². The van der Waals surface area contributed by atoms with Crippen LogP contribution in [0.3, 0.4) is 0 Å². The number of rotatable bonds is 4. The lowest BCUT2D eigenvalue weighted by atomic mass is 9.98. The first-order valence-electron chi connectivity index (χ1n) is 8.71. The number of ether oxygens (including phenoxy) is 1. The molecule has 0 aliphatic carbocycles. The molecule has 1 aromatic carbocycles. The lowest BCUT2D eigenvalue weighted by Crippen LogP contribution is -2.41. The van der Waals surface area contributed by atoms with E-state index in [0.717, 1.165) is 23.7 Å². The Morgan fingerprint density at radius 2 is 2.08 bits per heavy atom. The van der Waals surface area contributed by atoms with Gasteiger partial charge in [-0.05, 0) is 37.0 Å². The number of carbonyl (C=O) groups is 1. The summed E-state index contributed by atoms with van der Waals surface area (Å²) in [4.78, 5) is 28.0. The van der Waals surface area contributed by atoms with E-state index in [1.807, 2.05) is 18.2 Å². The molecule has 1 fully saturated rings. The molecule has 7 nitrogen and oxygen atoms in total. The van der Waals surface area contributed by atoms with Crippen molar-refractivity contribution in [1.29, 1.82) is 0 Å². The lowest BCUT2D eigenvalue weighted by Gasteiger charge is -2.30. The van der Waals surface area contributed by atoms with E-state index >= 15 is 0 Å². The van der Waals surface area contributed by atoms with Gasteiger partial charge in [-0.15, -0.1) is 0 Å². The maximum Gasteiger partial charge on any atom is 0.415 e. The Morgan fingerprint density at radius 3 is 2.88 bits per heavy atom. The fourth-order valence-electron chi connectivity index (χ4n) is 3.07. The molecule has 3 aromatic rings. The van der Waals surface area contributed by atoms with Crippen molar-refractivity contribution < 1.29 is 14.4 Å². The van der Waals surface area contributed by atoms with E-state index in [0.29, 0.717) is 31.4 Å². The van der Waals surface area contributed by atoms with Crippen LogP contribution in [-0.4, -0.2) is 45.4 Å². The van der Waals surface area contributed by atoms with Crippen molar-refractivity contribution in [2.45, 2.75) is 12.8 Å². The molecular weight excluding hydrogens is 332 g/mol. The predicted octanol–water partition coefficient (Wildman–Crippen LogP) is 2.77. The van der Waals surface area contributed by atoms with Crippen molar-refractivity contribution in [2.24, 2.45) is 5.92 Å². The zero-order valence-electron chi connectivity index (χ0n) is 14.3. The number of aromatic nitrogens is 3. The van der Waals surface area contributed by atoms with E-state index in [1.54, 1.807) is 46.7 Å². The van der Waals surface area contributed by atoms with Gasteiger partial charge in [0.2, 0.25) is 0 Å². The molecule has 0 radical (unpaired) electrons. The van der Waals surface area contributed by atoms with Crippen LogP contribution in [-0.2, 0) is 0 Å². The summed E-state index contributed by atoms with van der Waals surface area (Å²) in [6, 6.07) is 9.36. The smallest absolute Gasteiger partial charge is 0.413 e. The van der Waals surface area contributed by atoms with Crippen LogP contribution in [0.2, 0.25) is 0 Å². The molecule has 0 spiro atoms. The van der Waals surface area contributed by atoms with Crippen molar-refractivity contribution in [3.63, 3.8) is 0 Å². The van der Waals surface area contributed by atoms with Gasteiger partial charge in [-0.2, -0.15) is 4.73 Å². The number of piperidine rings is 1. The zero-order valence-corrected chi connectivity index (χ0v) is 14.3. The predicted molar refractivity (Wildman–Crippen MR) is 95.7 cm³/mol. The van der Waals surface area contributed by atoms with Crippen LogP contribution >= 0.6 is 0 Å². The van der Waals surface area contributed by atoms with E-state index < -0.39 is 0 Å². The van der Waals surface area contributed by atoms with Crippen molar-refractivity contribution in [1.82, 2.24) is 19.6 Å². The Balaban J connectivity index is 1.28. The van der Waals surface area contributed by atoms with Gasteiger partial charge in [-0.25, -0.2) is 9.78 Å². The average molecular weight is 352 g/mol. The number of amides is 1. The third-order valence-corrected chi connectivity index (χ3v) is 4.59. The molecule has 2 aromatic heterocycles. The Hall–Kier alpha value is -3.09. The topological polar surface area (TPSA) is 69.5 Å². The standard InChI is InChI=1S/C19H20N4O3/c24-19(26-17-4-3-16-2-1-7-21-18(16)12-17)22-9-5-15(6-10-22)13-25-23-11-8-20-14-23/h1-4,7-8,11-12,14-15H,5-6,9-10,13H2. The van der Waals surface area contributed by atoms with E-state index in [-0.39, 0.29) is 6.09 Å². The second-order valence-electron chi connectivity index (χ2n) is 6.37. The van der Waals surface area contributed by atoms with Crippen molar-refractivity contribution in [3.05, 3.63) is 55.2 Å². The summed E-state index contributed by atoms with van der Waals surface area (Å²) in [5.74, 6) is 0.943. The maximum absolute atomic E-state index is 12.4. The minimum absolute atomic E-state index is 0.311. The first kappa shape index (κ1) is 16.4. The third kappa shape index (κ3) is 3.77. The first-order chi connectivity index (χ1) is 12.8. The van der Waals surface area contributed by atoms with E-state index in [2.05, 4.69) is 9.97 Å². The number of hydrogen-bond donors (Lipinski definition) is 0. The van der Waals surface area contributed by atoms with E-state index in [9.17, 15) is 4.79 Å². The molecule has 1 amide bonds. The summed E-state index contributed by atoms with van der Waals surface area (Å²) >= 11 is 0. The molecule has 1 saturated heterocycles. The lowest BCUT2D eigenvalue weighted by molar-refractivity contribution is 0.0541. The normalized spacial score (nSPS) is 15.2. The van der Waals surface area contributed by atoms with Gasteiger partial charge in [-0.3, -0.25) is 4.98 Å². The highest BCUT2D eigenvalue weighted by atomic mass is 16.7. The van der Waals surface area contributed by atoms with Crippen LogP contribution in [0.5, 0.6) is 5.75 Å². The molecule has 4 rings (SSSR count). The summed E-state index contributed by atoms with van der Waals surface area (Å²) in [5, 5.41) is 1.02. The summed E-state index contributed by atoms with van der Waals surface area (Å²) in [5.41, 5.74) is 0.813. The number of benzene rings is 1. The zero-order chi connectivity index (χ0) is 17.8. The highest BCUT2D eigenvalue weighted by Gasteiger charge is 2.24. The van der Waals surface area contributed by atoms with Gasteiger partial charge in [-0.1, -0.05) is 6.07 Å². The van der Waals surface area contributed by atoms with Crippen LogP contribution in [0.15, 0.2) is 55.2 Å². The van der Waals surface area contributed by atoms with E-state index in [1.165, 1.54) is 0 Å². The summed E-state index contributed by atoms with van der Waals surface area (Å²) in [6.07, 6.45) is 8.28. The van der Waals surface area contributed by atoms with Crippen LogP contribution in [0.25, 0.3) is 10.9 Å². The van der Waals surface area contributed by atoms with Crippen LogP contribution < -0.4 is 9.57 Å². The van der Waals surface area contributed by atoms with Crippen molar-refractivity contribution in [3.8, 4) is 5.75 Å². The molecule has 0 saturated carbocycles. The summed E-state index contributed by atoms with van der Waals surface area (Å²) < 4.78 is 7.12. The molecule has 0 N–H and O–H groups in total. The molecule has 7 heteroatoms. The van der Waals surface area contributed by atoms with Crippen LogP contribution in [0.1, 0.15) is 12.8 Å². The fraction of sp³-hybridized carbons (Fsp3) is 0.316. The first-order valence-corrected chi connectivity index (χ1v) is 8.71. The average Bonchev–Trinajstić information content (AvgIpc) is 3.20. The van der Waals surface area contributed by atoms with Gasteiger partial charge in [0.15, 0.2) is 0 Å². The fourth-order valence-corrected chi connectivity index (χ4v) is 3.07. The second-order valence-corrected chi connectivity index (χ2v) is 6.37. The summed E-state index contributed by atoms with van der Waals surface area (Å²) in [7, 11) is 0. The van der Waals surface area contributed by atoms with Crippen LogP contribution in [0, 0.1) is 5.92 Å². The maximum atomic E-state index is 12.4. The second kappa shape index (κ2) is 7.43. The van der Waals surface area contributed by atoms with Crippen LogP contribution in [0.4, 0.5) is 4.79 Å². The minimum atomic E-state index is -0.311. The molecule has 0 bridgehead atoms.